The van der Waals surface area contributed by atoms with Crippen molar-refractivity contribution in [2.45, 2.75) is 30.3 Å². The maximum atomic E-state index is 13.1. The first-order valence-electron chi connectivity index (χ1n) is 13.6. The maximum absolute atomic E-state index is 13.1. The third kappa shape index (κ3) is 6.19. The van der Waals surface area contributed by atoms with E-state index in [4.69, 9.17) is 12.2 Å². The molecule has 1 amide bonds. The van der Waals surface area contributed by atoms with Gasteiger partial charge in [0.05, 0.1) is 17.9 Å². The summed E-state index contributed by atoms with van der Waals surface area (Å²) in [6.07, 6.45) is 3.11. The van der Waals surface area contributed by atoms with Gasteiger partial charge >= 0.3 is 0 Å². The average Bonchev–Trinajstić information content (AvgIpc) is 3.50. The van der Waals surface area contributed by atoms with Gasteiger partial charge in [0.1, 0.15) is 0 Å². The van der Waals surface area contributed by atoms with Crippen LogP contribution in [0, 0.1) is 5.92 Å². The number of hydrogen-bond acceptors (Lipinski definition) is 6. The number of thioether (sulfide) groups is 1. The van der Waals surface area contributed by atoms with Crippen molar-refractivity contribution in [3.05, 3.63) is 105 Å². The zero-order valence-corrected chi connectivity index (χ0v) is 25.1. The number of nitrogens with one attached hydrogen (secondary N) is 3. The number of benzene rings is 2. The quantitative estimate of drug-likeness (QED) is 0.177. The molecule has 2 aromatic carbocycles. The Hall–Kier alpha value is -3.60. The van der Waals surface area contributed by atoms with Gasteiger partial charge in [0, 0.05) is 58.3 Å². The number of hydrogen-bond donors (Lipinski definition) is 3. The minimum absolute atomic E-state index is 0.0767. The van der Waals surface area contributed by atoms with Crippen molar-refractivity contribution >= 4 is 63.4 Å². The number of carbonyl (C=O) groups excluding carboxylic acids is 1. The average molecular weight is 602 g/mol. The van der Waals surface area contributed by atoms with Crippen molar-refractivity contribution in [2.24, 2.45) is 5.92 Å². The molecule has 4 aromatic rings. The molecule has 10 heteroatoms. The van der Waals surface area contributed by atoms with Gasteiger partial charge < -0.3 is 25.4 Å². The zero-order chi connectivity index (χ0) is 28.3. The van der Waals surface area contributed by atoms with Crippen LogP contribution >= 0.6 is 35.3 Å². The van der Waals surface area contributed by atoms with Gasteiger partial charge in [-0.05, 0) is 84.7 Å². The van der Waals surface area contributed by atoms with E-state index < -0.39 is 0 Å². The number of thiocarbonyl (C=S) groups is 1. The van der Waals surface area contributed by atoms with Crippen molar-refractivity contribution in [1.29, 1.82) is 0 Å². The van der Waals surface area contributed by atoms with Crippen LogP contribution in [0.25, 0.3) is 0 Å². The Labute approximate surface area is 253 Å². The fraction of sp³-hybridized carbons (Fsp3) is 0.258. The first kappa shape index (κ1) is 27.6. The Morgan fingerprint density at radius 2 is 1.90 bits per heavy atom. The van der Waals surface area contributed by atoms with Gasteiger partial charge in [-0.1, -0.05) is 18.2 Å². The van der Waals surface area contributed by atoms with Crippen LogP contribution in [0.4, 0.5) is 17.1 Å². The molecule has 2 aliphatic rings. The summed E-state index contributed by atoms with van der Waals surface area (Å²) >= 11 is 9.03. The molecular formula is C31H31N5O2S3. The highest BCUT2D eigenvalue weighted by Gasteiger charge is 2.35. The van der Waals surface area contributed by atoms with Gasteiger partial charge in [0.2, 0.25) is 0 Å². The predicted octanol–water partition coefficient (Wildman–Crippen LogP) is 5.99. The summed E-state index contributed by atoms with van der Waals surface area (Å²) in [6, 6.07) is 23.4. The Morgan fingerprint density at radius 1 is 1.02 bits per heavy atom. The molecule has 210 valence electrons. The number of amides is 1. The van der Waals surface area contributed by atoms with Crippen molar-refractivity contribution in [3.8, 4) is 0 Å². The minimum Gasteiger partial charge on any atom is -0.369 e. The monoisotopic (exact) mass is 601 g/mol. The number of carbonyl (C=O) groups is 1. The van der Waals surface area contributed by atoms with Crippen LogP contribution in [-0.4, -0.2) is 34.9 Å². The van der Waals surface area contributed by atoms with Gasteiger partial charge in [0.25, 0.3) is 11.5 Å². The minimum atomic E-state index is -0.136. The van der Waals surface area contributed by atoms with Crippen LogP contribution < -0.4 is 26.4 Å². The number of piperidine rings is 1. The highest BCUT2D eigenvalue weighted by Crippen LogP contribution is 2.39. The highest BCUT2D eigenvalue weighted by atomic mass is 32.2. The second-order valence-corrected chi connectivity index (χ2v) is 12.7. The molecule has 2 aliphatic heterocycles. The lowest BCUT2D eigenvalue weighted by Gasteiger charge is -2.44. The molecule has 0 spiro atoms. The number of aromatic nitrogens is 1. The lowest BCUT2D eigenvalue weighted by molar-refractivity contribution is 0.0951. The van der Waals surface area contributed by atoms with Crippen LogP contribution in [0.1, 0.15) is 33.3 Å². The van der Waals surface area contributed by atoms with Gasteiger partial charge in [-0.25, -0.2) is 0 Å². The number of pyridine rings is 1. The molecule has 2 aromatic heterocycles. The van der Waals surface area contributed by atoms with Gasteiger partial charge in [0.15, 0.2) is 5.11 Å². The van der Waals surface area contributed by atoms with Crippen LogP contribution in [0.2, 0.25) is 0 Å². The normalized spacial score (nSPS) is 17.4. The zero-order valence-electron chi connectivity index (χ0n) is 22.6. The van der Waals surface area contributed by atoms with E-state index in [0.29, 0.717) is 23.1 Å². The van der Waals surface area contributed by atoms with Gasteiger partial charge in [-0.3, -0.25) is 9.59 Å². The second kappa shape index (κ2) is 12.1. The molecule has 1 saturated heterocycles. The summed E-state index contributed by atoms with van der Waals surface area (Å²) < 4.78 is 1.94. The summed E-state index contributed by atoms with van der Waals surface area (Å²) in [5.74, 6) is 0.489. The smallest absolute Gasteiger partial charge is 0.251 e. The Bertz CT molecular complexity index is 1630. The largest absolute Gasteiger partial charge is 0.369 e. The summed E-state index contributed by atoms with van der Waals surface area (Å²) in [5.41, 5.74) is 4.40. The summed E-state index contributed by atoms with van der Waals surface area (Å²) in [7, 11) is 0. The van der Waals surface area contributed by atoms with Crippen LogP contribution in [0.5, 0.6) is 0 Å². The second-order valence-electron chi connectivity index (χ2n) is 10.4. The van der Waals surface area contributed by atoms with Crippen molar-refractivity contribution in [1.82, 2.24) is 9.88 Å². The number of nitrogens with zero attached hydrogens (tertiary/aromatic N) is 2. The van der Waals surface area contributed by atoms with E-state index >= 15 is 0 Å². The first-order valence-corrected chi connectivity index (χ1v) is 16.1. The van der Waals surface area contributed by atoms with E-state index in [1.165, 1.54) is 0 Å². The standard InChI is InChI=1S/C31H31N5O2S3/c1-40-24-6-2-5-23(15-24)33-31(39)34-26-14-21(30(38)32-16-25-7-4-12-41-25)10-11-28(26)35-17-20-13-22(19-35)27-8-3-9-29(37)36(27)18-20/h2-12,14-15,20,22H,13,16-19H2,1H3,(H,32,38)(H2,33,34,39). The molecule has 2 unspecified atom stereocenters. The van der Waals surface area contributed by atoms with Crippen molar-refractivity contribution in [3.63, 3.8) is 0 Å². The SMILES string of the molecule is CSc1cccc(NC(=S)Nc2cc(C(=O)NCc3cccs3)ccc2N2CC3CC(C2)c2cccc(=O)n2C3)c1. The fourth-order valence-corrected chi connectivity index (χ4v) is 7.15. The molecule has 3 N–H and O–H groups in total. The number of thiophene rings is 1. The molecule has 4 heterocycles. The lowest BCUT2D eigenvalue weighted by Crippen LogP contribution is -2.47. The molecule has 6 rings (SSSR count). The molecule has 0 saturated carbocycles. The molecule has 1 fully saturated rings. The van der Waals surface area contributed by atoms with E-state index in [9.17, 15) is 9.59 Å². The predicted molar refractivity (Wildman–Crippen MR) is 174 cm³/mol. The van der Waals surface area contributed by atoms with Gasteiger partial charge in [-0.2, -0.15) is 0 Å². The molecule has 0 radical (unpaired) electrons. The molecule has 2 atom stereocenters. The van der Waals surface area contributed by atoms with E-state index in [-0.39, 0.29) is 17.4 Å². The van der Waals surface area contributed by atoms with E-state index in [1.54, 1.807) is 29.2 Å². The topological polar surface area (TPSA) is 78.4 Å². The van der Waals surface area contributed by atoms with E-state index in [0.717, 1.165) is 58.6 Å². The number of anilines is 3. The molecule has 0 aliphatic carbocycles. The summed E-state index contributed by atoms with van der Waals surface area (Å²) in [5, 5.41) is 12.2. The number of fused-ring (bicyclic) bond motifs is 4. The number of rotatable bonds is 7. The molecule has 2 bridgehead atoms. The summed E-state index contributed by atoms with van der Waals surface area (Å²) in [6.45, 7) is 2.82. The maximum Gasteiger partial charge on any atom is 0.251 e. The first-order chi connectivity index (χ1) is 20.0. The third-order valence-corrected chi connectivity index (χ3v) is 9.46. The highest BCUT2D eigenvalue weighted by molar-refractivity contribution is 7.98. The Morgan fingerprint density at radius 3 is 2.73 bits per heavy atom. The Balaban J connectivity index is 1.27. The Kier molecular flexibility index (Phi) is 8.13. The fourth-order valence-electron chi connectivity index (χ4n) is 5.81. The third-order valence-electron chi connectivity index (χ3n) is 7.66. The van der Waals surface area contributed by atoms with Crippen LogP contribution in [-0.2, 0) is 13.1 Å². The van der Waals surface area contributed by atoms with Gasteiger partial charge in [-0.15, -0.1) is 23.1 Å². The van der Waals surface area contributed by atoms with Crippen molar-refractivity contribution < 1.29 is 4.79 Å². The molecular weight excluding hydrogens is 571 g/mol. The van der Waals surface area contributed by atoms with Crippen molar-refractivity contribution in [2.75, 3.05) is 34.9 Å². The van der Waals surface area contributed by atoms with Crippen LogP contribution in [0.15, 0.2) is 87.9 Å². The van der Waals surface area contributed by atoms with E-state index in [1.807, 2.05) is 64.7 Å². The molecule has 7 nitrogen and oxygen atoms in total. The molecule has 41 heavy (non-hydrogen) atoms. The van der Waals surface area contributed by atoms with Crippen LogP contribution in [0.3, 0.4) is 0 Å². The summed E-state index contributed by atoms with van der Waals surface area (Å²) in [4.78, 5) is 30.3. The lowest BCUT2D eigenvalue weighted by atomic mass is 9.83. The van der Waals surface area contributed by atoms with E-state index in [2.05, 4.69) is 39.0 Å².